The van der Waals surface area contributed by atoms with Crippen LogP contribution in [0.25, 0.3) is 0 Å². The van der Waals surface area contributed by atoms with E-state index in [1.807, 2.05) is 37.3 Å². The molecule has 2 aromatic rings. The van der Waals surface area contributed by atoms with Crippen molar-refractivity contribution in [2.45, 2.75) is 26.5 Å². The first kappa shape index (κ1) is 29.3. The predicted octanol–water partition coefficient (Wildman–Crippen LogP) is 4.99. The molecule has 170 valence electrons. The Labute approximate surface area is 204 Å². The molecule has 0 bridgehead atoms. The Morgan fingerprint density at radius 3 is 2.33 bits per heavy atom. The molecule has 0 atom stereocenters. The second-order valence-electron chi connectivity index (χ2n) is 6.26. The van der Waals surface area contributed by atoms with Gasteiger partial charge in [-0.15, -0.1) is 24.8 Å². The molecule has 0 radical (unpaired) electrons. The lowest BCUT2D eigenvalue weighted by atomic mass is 10.2. The zero-order valence-corrected chi connectivity index (χ0v) is 20.9. The molecule has 0 heterocycles. The molecule has 5 nitrogen and oxygen atoms in total. The van der Waals surface area contributed by atoms with E-state index in [4.69, 9.17) is 26.2 Å². The summed E-state index contributed by atoms with van der Waals surface area (Å²) < 4.78 is 12.7. The van der Waals surface area contributed by atoms with Crippen LogP contribution in [0.4, 0.5) is 0 Å². The van der Waals surface area contributed by atoms with Crippen molar-refractivity contribution in [3.8, 4) is 11.5 Å². The summed E-state index contributed by atoms with van der Waals surface area (Å²) >= 11 is 9.55. The number of nitrogens with one attached hydrogen (secondary N) is 2. The van der Waals surface area contributed by atoms with Gasteiger partial charge in [-0.05, 0) is 77.8 Å². The van der Waals surface area contributed by atoms with Crippen LogP contribution in [0.1, 0.15) is 24.5 Å². The van der Waals surface area contributed by atoms with E-state index in [-0.39, 0.29) is 31.4 Å². The quantitative estimate of drug-likeness (QED) is 0.310. The summed E-state index contributed by atoms with van der Waals surface area (Å²) in [5.41, 5.74) is 2.16. The number of halogens is 4. The van der Waals surface area contributed by atoms with Crippen LogP contribution in [-0.2, 0) is 13.2 Å². The fraction of sp³-hybridized carbons (Fsp3) is 0.429. The summed E-state index contributed by atoms with van der Waals surface area (Å²) in [6.07, 6.45) is 1.00. The maximum Gasteiger partial charge on any atom is 0.175 e. The third-order valence-electron chi connectivity index (χ3n) is 3.99. The molecule has 0 aromatic heterocycles. The van der Waals surface area contributed by atoms with Gasteiger partial charge in [0.2, 0.25) is 0 Å². The van der Waals surface area contributed by atoms with Gasteiger partial charge in [0.25, 0.3) is 0 Å². The smallest absolute Gasteiger partial charge is 0.175 e. The lowest BCUT2D eigenvalue weighted by Crippen LogP contribution is -2.23. The molecule has 0 fully saturated rings. The van der Waals surface area contributed by atoms with Gasteiger partial charge in [-0.3, -0.25) is 0 Å². The second-order valence-corrected chi connectivity index (χ2v) is 7.55. The van der Waals surface area contributed by atoms with Crippen molar-refractivity contribution in [3.63, 3.8) is 0 Å². The van der Waals surface area contributed by atoms with Crippen molar-refractivity contribution in [2.24, 2.45) is 0 Å². The molecule has 2 aromatic carbocycles. The minimum absolute atomic E-state index is 0. The zero-order chi connectivity index (χ0) is 20.2. The molecule has 2 rings (SSSR count). The lowest BCUT2D eigenvalue weighted by Gasteiger charge is -2.16. The van der Waals surface area contributed by atoms with Crippen molar-refractivity contribution in [2.75, 3.05) is 32.8 Å². The number of hydrogen-bond acceptors (Lipinski definition) is 5. The van der Waals surface area contributed by atoms with Crippen LogP contribution < -0.4 is 20.1 Å². The van der Waals surface area contributed by atoms with E-state index in [0.717, 1.165) is 47.4 Å². The topological polar surface area (TPSA) is 62.8 Å². The van der Waals surface area contributed by atoms with Crippen molar-refractivity contribution in [1.29, 1.82) is 0 Å². The molecule has 30 heavy (non-hydrogen) atoms. The Morgan fingerprint density at radius 1 is 0.967 bits per heavy atom. The number of benzene rings is 2. The van der Waals surface area contributed by atoms with E-state index in [2.05, 4.69) is 32.6 Å². The summed E-state index contributed by atoms with van der Waals surface area (Å²) in [5, 5.41) is 16.0. The monoisotopic (exact) mass is 542 g/mol. The summed E-state index contributed by atoms with van der Waals surface area (Å²) in [7, 11) is 0. The van der Waals surface area contributed by atoms with Crippen molar-refractivity contribution >= 4 is 52.3 Å². The standard InChI is InChI=1S/C21H28BrClN2O3.2ClH/c1-2-27-20-13-17(14-25-9-3-8-24-10-11-26)12-19(22)21(20)28-15-16-4-6-18(23)7-5-16;;/h4-7,12-13,24-26H,2-3,8-11,14-15H2,1H3;2*1H. The summed E-state index contributed by atoms with van der Waals surface area (Å²) in [6, 6.07) is 11.7. The van der Waals surface area contributed by atoms with Gasteiger partial charge < -0.3 is 25.2 Å². The van der Waals surface area contributed by atoms with Crippen LogP contribution >= 0.6 is 52.3 Å². The van der Waals surface area contributed by atoms with Gasteiger partial charge >= 0.3 is 0 Å². The van der Waals surface area contributed by atoms with Crippen molar-refractivity contribution in [1.82, 2.24) is 10.6 Å². The highest BCUT2D eigenvalue weighted by atomic mass is 79.9. The minimum atomic E-state index is 0. The van der Waals surface area contributed by atoms with E-state index < -0.39 is 0 Å². The lowest BCUT2D eigenvalue weighted by molar-refractivity contribution is 0.267. The fourth-order valence-corrected chi connectivity index (χ4v) is 3.37. The second kappa shape index (κ2) is 16.9. The third-order valence-corrected chi connectivity index (χ3v) is 4.83. The van der Waals surface area contributed by atoms with Crippen LogP contribution in [-0.4, -0.2) is 38.0 Å². The summed E-state index contributed by atoms with van der Waals surface area (Å²) in [5.74, 6) is 1.43. The first-order chi connectivity index (χ1) is 13.6. The first-order valence-corrected chi connectivity index (χ1v) is 10.7. The Hall–Kier alpha value is -0.730. The van der Waals surface area contributed by atoms with E-state index in [0.29, 0.717) is 30.5 Å². The zero-order valence-electron chi connectivity index (χ0n) is 17.0. The Kier molecular flexibility index (Phi) is 16.5. The number of aliphatic hydroxyl groups excluding tert-OH is 1. The van der Waals surface area contributed by atoms with E-state index >= 15 is 0 Å². The summed E-state index contributed by atoms with van der Waals surface area (Å²) in [6.45, 7) is 6.31. The van der Waals surface area contributed by atoms with Gasteiger partial charge in [0.1, 0.15) is 6.61 Å². The number of ether oxygens (including phenoxy) is 2. The highest BCUT2D eigenvalue weighted by Crippen LogP contribution is 2.37. The van der Waals surface area contributed by atoms with Gasteiger partial charge in [-0.1, -0.05) is 23.7 Å². The molecular formula is C21H30BrCl3N2O3. The average Bonchev–Trinajstić information content (AvgIpc) is 2.68. The SMILES string of the molecule is CCOc1cc(CNCCCNCCO)cc(Br)c1OCc1ccc(Cl)cc1.Cl.Cl. The highest BCUT2D eigenvalue weighted by Gasteiger charge is 2.12. The van der Waals surface area contributed by atoms with E-state index in [1.54, 1.807) is 0 Å². The van der Waals surface area contributed by atoms with Crippen LogP contribution in [0.2, 0.25) is 5.02 Å². The Balaban J connectivity index is 0.00000420. The maximum absolute atomic E-state index is 8.74. The normalized spacial score (nSPS) is 10.1. The van der Waals surface area contributed by atoms with Gasteiger partial charge in [0.15, 0.2) is 11.5 Å². The van der Waals surface area contributed by atoms with E-state index in [9.17, 15) is 0 Å². The molecule has 0 aliphatic rings. The number of hydrogen-bond donors (Lipinski definition) is 3. The van der Waals surface area contributed by atoms with Gasteiger partial charge in [0.05, 0.1) is 17.7 Å². The van der Waals surface area contributed by atoms with Crippen LogP contribution in [0, 0.1) is 0 Å². The van der Waals surface area contributed by atoms with Gasteiger partial charge in [-0.25, -0.2) is 0 Å². The first-order valence-electron chi connectivity index (χ1n) is 9.48. The number of aliphatic hydroxyl groups is 1. The Bertz CT molecular complexity index is 721. The number of rotatable bonds is 13. The van der Waals surface area contributed by atoms with Gasteiger partial charge in [-0.2, -0.15) is 0 Å². The Morgan fingerprint density at radius 2 is 1.67 bits per heavy atom. The molecule has 0 saturated carbocycles. The third kappa shape index (κ3) is 10.5. The van der Waals surface area contributed by atoms with Crippen LogP contribution in [0.15, 0.2) is 40.9 Å². The summed E-state index contributed by atoms with van der Waals surface area (Å²) in [4.78, 5) is 0. The van der Waals surface area contributed by atoms with Crippen molar-refractivity contribution < 1.29 is 14.6 Å². The molecule has 0 amide bonds. The average molecular weight is 545 g/mol. The molecule has 0 saturated heterocycles. The molecule has 9 heteroatoms. The predicted molar refractivity (Wildman–Crippen MR) is 132 cm³/mol. The molecule has 0 aliphatic carbocycles. The van der Waals surface area contributed by atoms with Crippen molar-refractivity contribution in [3.05, 3.63) is 57.0 Å². The van der Waals surface area contributed by atoms with E-state index in [1.165, 1.54) is 0 Å². The maximum atomic E-state index is 8.74. The largest absolute Gasteiger partial charge is 0.490 e. The highest BCUT2D eigenvalue weighted by molar-refractivity contribution is 9.10. The molecule has 0 aliphatic heterocycles. The molecular weight excluding hydrogens is 515 g/mol. The molecule has 3 N–H and O–H groups in total. The fourth-order valence-electron chi connectivity index (χ4n) is 2.64. The minimum Gasteiger partial charge on any atom is -0.490 e. The molecule has 0 spiro atoms. The van der Waals surface area contributed by atoms with Crippen LogP contribution in [0.5, 0.6) is 11.5 Å². The van der Waals surface area contributed by atoms with Gasteiger partial charge in [0, 0.05) is 18.1 Å². The molecule has 0 unspecified atom stereocenters. The van der Waals surface area contributed by atoms with Crippen LogP contribution in [0.3, 0.4) is 0 Å².